The molecule has 1 amide bonds. The molecule has 0 spiro atoms. The Morgan fingerprint density at radius 1 is 1.35 bits per heavy atom. The van der Waals surface area contributed by atoms with E-state index in [4.69, 9.17) is 5.73 Å². The third-order valence-corrected chi connectivity index (χ3v) is 3.29. The second-order valence-corrected chi connectivity index (χ2v) is 4.86. The lowest BCUT2D eigenvalue weighted by atomic mass is 9.80. The van der Waals surface area contributed by atoms with Crippen molar-refractivity contribution in [1.82, 2.24) is 4.98 Å². The van der Waals surface area contributed by atoms with Crippen molar-refractivity contribution < 1.29 is 4.79 Å². The molecule has 17 heavy (non-hydrogen) atoms. The lowest BCUT2D eigenvalue weighted by Gasteiger charge is -2.32. The number of carbonyl (C=O) groups excluding carboxylic acids is 1. The molecule has 0 bridgehead atoms. The van der Waals surface area contributed by atoms with E-state index < -0.39 is 0 Å². The molecule has 1 fully saturated rings. The summed E-state index contributed by atoms with van der Waals surface area (Å²) < 4.78 is 0. The van der Waals surface area contributed by atoms with Gasteiger partial charge in [-0.25, -0.2) is 4.98 Å². The number of hydrogen-bond donors (Lipinski definition) is 2. The highest BCUT2D eigenvalue weighted by Gasteiger charge is 2.29. The first-order chi connectivity index (χ1) is 8.18. The minimum Gasteiger partial charge on any atom is -0.325 e. The number of amides is 1. The van der Waals surface area contributed by atoms with Gasteiger partial charge in [0, 0.05) is 18.2 Å². The molecule has 0 aliphatic heterocycles. The molecule has 1 aromatic rings. The molecule has 2 rings (SSSR count). The van der Waals surface area contributed by atoms with Crippen LogP contribution in [0.5, 0.6) is 0 Å². The van der Waals surface area contributed by atoms with Crippen LogP contribution in [0.15, 0.2) is 24.4 Å². The van der Waals surface area contributed by atoms with Crippen LogP contribution >= 0.6 is 0 Å². The largest absolute Gasteiger partial charge is 0.325 e. The Morgan fingerprint density at radius 3 is 2.76 bits per heavy atom. The molecule has 0 saturated heterocycles. The molecular formula is C13H19N3O. The highest BCUT2D eigenvalue weighted by molar-refractivity contribution is 5.90. The van der Waals surface area contributed by atoms with Crippen molar-refractivity contribution in [1.29, 1.82) is 0 Å². The van der Waals surface area contributed by atoms with Gasteiger partial charge in [-0.05, 0) is 25.0 Å². The first kappa shape index (κ1) is 12.0. The van der Waals surface area contributed by atoms with Gasteiger partial charge in [-0.15, -0.1) is 0 Å². The first-order valence-electron chi connectivity index (χ1n) is 6.18. The third kappa shape index (κ3) is 3.53. The summed E-state index contributed by atoms with van der Waals surface area (Å²) in [6.45, 7) is 0. The van der Waals surface area contributed by atoms with Gasteiger partial charge in [0.1, 0.15) is 5.82 Å². The summed E-state index contributed by atoms with van der Waals surface area (Å²) in [5, 5.41) is 2.78. The average molecular weight is 233 g/mol. The van der Waals surface area contributed by atoms with Crippen LogP contribution in [-0.4, -0.2) is 16.4 Å². The molecule has 0 unspecified atom stereocenters. The van der Waals surface area contributed by atoms with Gasteiger partial charge in [-0.1, -0.05) is 25.3 Å². The summed E-state index contributed by atoms with van der Waals surface area (Å²) in [4.78, 5) is 15.9. The van der Waals surface area contributed by atoms with Crippen molar-refractivity contribution in [2.75, 3.05) is 5.32 Å². The Morgan fingerprint density at radius 2 is 2.12 bits per heavy atom. The molecule has 0 atom stereocenters. The lowest BCUT2D eigenvalue weighted by Crippen LogP contribution is -2.44. The topological polar surface area (TPSA) is 68.0 Å². The Balaban J connectivity index is 1.88. The summed E-state index contributed by atoms with van der Waals surface area (Å²) in [5.41, 5.74) is 5.92. The van der Waals surface area contributed by atoms with E-state index in [-0.39, 0.29) is 11.4 Å². The van der Waals surface area contributed by atoms with Crippen LogP contribution < -0.4 is 11.1 Å². The summed E-state index contributed by atoms with van der Waals surface area (Å²) in [7, 11) is 0. The molecule has 4 nitrogen and oxygen atoms in total. The zero-order chi connectivity index (χ0) is 12.1. The summed E-state index contributed by atoms with van der Waals surface area (Å²) >= 11 is 0. The summed E-state index contributed by atoms with van der Waals surface area (Å²) in [5.74, 6) is 0.560. The molecule has 92 valence electrons. The van der Waals surface area contributed by atoms with E-state index in [9.17, 15) is 4.79 Å². The average Bonchev–Trinajstić information content (AvgIpc) is 2.30. The summed E-state index contributed by atoms with van der Waals surface area (Å²) in [6.07, 6.45) is 7.45. The van der Waals surface area contributed by atoms with Crippen LogP contribution in [0, 0.1) is 0 Å². The van der Waals surface area contributed by atoms with E-state index in [1.807, 2.05) is 12.1 Å². The van der Waals surface area contributed by atoms with Crippen molar-refractivity contribution >= 4 is 11.7 Å². The van der Waals surface area contributed by atoms with Crippen molar-refractivity contribution in [3.8, 4) is 0 Å². The Labute approximate surface area is 102 Å². The van der Waals surface area contributed by atoms with Crippen LogP contribution in [0.2, 0.25) is 0 Å². The second-order valence-electron chi connectivity index (χ2n) is 4.86. The number of nitrogens with one attached hydrogen (secondary N) is 1. The molecule has 1 aromatic heterocycles. The number of aromatic nitrogens is 1. The predicted octanol–water partition coefficient (Wildman–Crippen LogP) is 2.07. The van der Waals surface area contributed by atoms with Crippen LogP contribution in [0.4, 0.5) is 5.82 Å². The highest BCUT2D eigenvalue weighted by atomic mass is 16.1. The number of nitrogens with zero attached hydrogens (tertiary/aromatic N) is 1. The first-order valence-corrected chi connectivity index (χ1v) is 6.18. The maximum absolute atomic E-state index is 11.9. The fourth-order valence-corrected chi connectivity index (χ4v) is 2.38. The Kier molecular flexibility index (Phi) is 3.74. The van der Waals surface area contributed by atoms with Crippen molar-refractivity contribution in [2.24, 2.45) is 5.73 Å². The lowest BCUT2D eigenvalue weighted by molar-refractivity contribution is -0.117. The Hall–Kier alpha value is -1.42. The van der Waals surface area contributed by atoms with Gasteiger partial charge in [0.15, 0.2) is 0 Å². The number of pyridine rings is 1. The monoisotopic (exact) mass is 233 g/mol. The molecule has 3 N–H and O–H groups in total. The van der Waals surface area contributed by atoms with Crippen LogP contribution in [0.1, 0.15) is 38.5 Å². The molecule has 1 aliphatic carbocycles. The van der Waals surface area contributed by atoms with Crippen molar-refractivity contribution in [3.05, 3.63) is 24.4 Å². The normalized spacial score (nSPS) is 18.6. The molecule has 0 radical (unpaired) electrons. The molecule has 4 heteroatoms. The van der Waals surface area contributed by atoms with Crippen LogP contribution in [-0.2, 0) is 4.79 Å². The maximum Gasteiger partial charge on any atom is 0.227 e. The van der Waals surface area contributed by atoms with E-state index in [0.29, 0.717) is 12.2 Å². The van der Waals surface area contributed by atoms with Gasteiger partial charge < -0.3 is 11.1 Å². The number of hydrogen-bond acceptors (Lipinski definition) is 3. The minimum absolute atomic E-state index is 0.0342. The van der Waals surface area contributed by atoms with E-state index in [1.165, 1.54) is 6.42 Å². The van der Waals surface area contributed by atoms with E-state index in [0.717, 1.165) is 25.7 Å². The van der Waals surface area contributed by atoms with Crippen LogP contribution in [0.25, 0.3) is 0 Å². The smallest absolute Gasteiger partial charge is 0.227 e. The molecule has 1 aliphatic rings. The Bertz CT molecular complexity index is 372. The molecular weight excluding hydrogens is 214 g/mol. The molecule has 1 heterocycles. The quantitative estimate of drug-likeness (QED) is 0.839. The van der Waals surface area contributed by atoms with Gasteiger partial charge in [0.05, 0.1) is 0 Å². The predicted molar refractivity (Wildman–Crippen MR) is 67.5 cm³/mol. The van der Waals surface area contributed by atoms with Gasteiger partial charge in [-0.2, -0.15) is 0 Å². The second kappa shape index (κ2) is 5.27. The third-order valence-electron chi connectivity index (χ3n) is 3.29. The number of anilines is 1. The maximum atomic E-state index is 11.9. The highest BCUT2D eigenvalue weighted by Crippen LogP contribution is 2.28. The van der Waals surface area contributed by atoms with Crippen LogP contribution in [0.3, 0.4) is 0 Å². The van der Waals surface area contributed by atoms with E-state index >= 15 is 0 Å². The fourth-order valence-electron chi connectivity index (χ4n) is 2.38. The van der Waals surface area contributed by atoms with Gasteiger partial charge in [-0.3, -0.25) is 4.79 Å². The SMILES string of the molecule is NC1(CC(=O)Nc2ccccn2)CCCCC1. The number of carbonyl (C=O) groups is 1. The molecule has 0 aromatic carbocycles. The minimum atomic E-state index is -0.308. The zero-order valence-electron chi connectivity index (χ0n) is 9.98. The number of rotatable bonds is 3. The molecule has 1 saturated carbocycles. The van der Waals surface area contributed by atoms with Gasteiger partial charge >= 0.3 is 0 Å². The summed E-state index contributed by atoms with van der Waals surface area (Å²) in [6, 6.07) is 5.45. The van der Waals surface area contributed by atoms with Crippen molar-refractivity contribution in [2.45, 2.75) is 44.1 Å². The van der Waals surface area contributed by atoms with E-state index in [2.05, 4.69) is 10.3 Å². The fraction of sp³-hybridized carbons (Fsp3) is 0.538. The van der Waals surface area contributed by atoms with Gasteiger partial charge in [0.25, 0.3) is 0 Å². The number of nitrogens with two attached hydrogens (primary N) is 1. The van der Waals surface area contributed by atoms with E-state index in [1.54, 1.807) is 12.3 Å². The van der Waals surface area contributed by atoms with Crippen molar-refractivity contribution in [3.63, 3.8) is 0 Å². The standard InChI is InChI=1S/C13H19N3O/c14-13(7-3-1-4-8-13)10-12(17)16-11-6-2-5-9-15-11/h2,5-6,9H,1,3-4,7-8,10,14H2,(H,15,16,17). The zero-order valence-corrected chi connectivity index (χ0v) is 9.98. The van der Waals surface area contributed by atoms with Gasteiger partial charge in [0.2, 0.25) is 5.91 Å².